The van der Waals surface area contributed by atoms with Crippen molar-refractivity contribution in [2.24, 2.45) is 5.10 Å². The summed E-state index contributed by atoms with van der Waals surface area (Å²) in [6.45, 7) is 4.22. The molecule has 0 unspecified atom stereocenters. The molecule has 0 bridgehead atoms. The van der Waals surface area contributed by atoms with Crippen LogP contribution in [-0.2, 0) is 4.79 Å². The van der Waals surface area contributed by atoms with Gasteiger partial charge in [0.25, 0.3) is 5.91 Å². The Bertz CT molecular complexity index is 1600. The first-order chi connectivity index (χ1) is 18.2. The van der Waals surface area contributed by atoms with Crippen molar-refractivity contribution >= 4 is 46.3 Å². The molecule has 8 heteroatoms. The Hall–Kier alpha value is -4.62. The highest BCUT2D eigenvalue weighted by molar-refractivity contribution is 6.56. The minimum Gasteiger partial charge on any atom is -0.505 e. The van der Waals surface area contributed by atoms with Gasteiger partial charge in [-0.3, -0.25) is 15.1 Å². The van der Waals surface area contributed by atoms with Crippen molar-refractivity contribution in [2.75, 3.05) is 10.3 Å². The first kappa shape index (κ1) is 25.0. The number of hydrogen-bond acceptors (Lipinski definition) is 5. The van der Waals surface area contributed by atoms with Gasteiger partial charge in [0.1, 0.15) is 5.75 Å². The first-order valence-electron chi connectivity index (χ1n) is 12.0. The molecule has 4 aromatic rings. The molecule has 0 saturated carbocycles. The van der Waals surface area contributed by atoms with Gasteiger partial charge in [-0.1, -0.05) is 61.8 Å². The molecule has 1 amide bonds. The van der Waals surface area contributed by atoms with Gasteiger partial charge in [0.2, 0.25) is 0 Å². The molecule has 3 N–H and O–H groups in total. The number of phenolic OH excluding ortho intramolecular Hbond substituents is 1. The maximum atomic E-state index is 13.6. The van der Waals surface area contributed by atoms with Gasteiger partial charge in [-0.2, -0.15) is 5.10 Å². The van der Waals surface area contributed by atoms with E-state index in [0.717, 1.165) is 5.56 Å². The Kier molecular flexibility index (Phi) is 6.61. The average Bonchev–Trinajstić information content (AvgIpc) is 3.18. The number of nitrogens with zero attached hydrogens (tertiary/aromatic N) is 2. The minimum atomic E-state index is -1.06. The molecule has 1 aliphatic heterocycles. The van der Waals surface area contributed by atoms with Crippen molar-refractivity contribution in [1.29, 1.82) is 0 Å². The monoisotopic (exact) mass is 525 g/mol. The summed E-state index contributed by atoms with van der Waals surface area (Å²) < 4.78 is 0. The highest BCUT2D eigenvalue weighted by Gasteiger charge is 2.35. The number of benzene rings is 4. The third-order valence-corrected chi connectivity index (χ3v) is 6.66. The third kappa shape index (κ3) is 4.60. The van der Waals surface area contributed by atoms with E-state index in [9.17, 15) is 19.8 Å². The standard InChI is InChI=1S/C30H24ClN3O4/c1-17(2)18-9-12-22(13-10-18)34-26-14-11-21(31)16-24(26)27(29(34)36)33-32-25-8-4-7-23(28(25)35)19-5-3-6-20(15-19)30(37)38/h3-17,32,35H,1-2H3,(H,37,38). The van der Waals surface area contributed by atoms with Crippen molar-refractivity contribution in [3.8, 4) is 16.9 Å². The number of aromatic carboxylic acids is 1. The van der Waals surface area contributed by atoms with Crippen molar-refractivity contribution in [2.45, 2.75) is 19.8 Å². The van der Waals surface area contributed by atoms with E-state index < -0.39 is 5.97 Å². The molecule has 5 rings (SSSR count). The highest BCUT2D eigenvalue weighted by atomic mass is 35.5. The number of fused-ring (bicyclic) bond motifs is 1. The van der Waals surface area contributed by atoms with Crippen molar-refractivity contribution in [3.63, 3.8) is 0 Å². The van der Waals surface area contributed by atoms with Crippen LogP contribution in [0.3, 0.4) is 0 Å². The molecule has 0 aliphatic carbocycles. The Morgan fingerprint density at radius 3 is 2.39 bits per heavy atom. The van der Waals surface area contributed by atoms with E-state index in [1.165, 1.54) is 12.1 Å². The largest absolute Gasteiger partial charge is 0.505 e. The maximum Gasteiger partial charge on any atom is 0.335 e. The smallest absolute Gasteiger partial charge is 0.335 e. The van der Waals surface area contributed by atoms with Crippen molar-refractivity contribution in [3.05, 3.63) is 107 Å². The molecule has 7 nitrogen and oxygen atoms in total. The van der Waals surface area contributed by atoms with Crippen LogP contribution in [0.2, 0.25) is 5.02 Å². The number of carbonyl (C=O) groups is 2. The van der Waals surface area contributed by atoms with Crippen LogP contribution in [0.4, 0.5) is 17.1 Å². The number of amides is 1. The molecule has 1 aliphatic rings. The van der Waals surface area contributed by atoms with E-state index in [1.807, 2.05) is 24.3 Å². The molecule has 4 aromatic carbocycles. The van der Waals surface area contributed by atoms with Gasteiger partial charge >= 0.3 is 5.97 Å². The average molecular weight is 526 g/mol. The predicted molar refractivity (Wildman–Crippen MR) is 150 cm³/mol. The Labute approximate surface area is 224 Å². The summed E-state index contributed by atoms with van der Waals surface area (Å²) in [6.07, 6.45) is 0. The summed E-state index contributed by atoms with van der Waals surface area (Å²) in [6, 6.07) is 24.3. The van der Waals surface area contributed by atoms with Crippen LogP contribution < -0.4 is 10.3 Å². The zero-order chi connectivity index (χ0) is 27.0. The maximum absolute atomic E-state index is 13.6. The summed E-state index contributed by atoms with van der Waals surface area (Å²) in [5.41, 5.74) is 7.37. The Morgan fingerprint density at radius 2 is 1.68 bits per heavy atom. The zero-order valence-electron chi connectivity index (χ0n) is 20.6. The molecular weight excluding hydrogens is 502 g/mol. The molecule has 1 heterocycles. The van der Waals surface area contributed by atoms with Crippen molar-refractivity contribution < 1.29 is 19.8 Å². The van der Waals surface area contributed by atoms with Crippen molar-refractivity contribution in [1.82, 2.24) is 0 Å². The lowest BCUT2D eigenvalue weighted by atomic mass is 10.0. The summed E-state index contributed by atoms with van der Waals surface area (Å²) in [4.78, 5) is 26.5. The number of hydrogen-bond donors (Lipinski definition) is 3. The van der Waals surface area contributed by atoms with E-state index in [1.54, 1.807) is 53.4 Å². The molecule has 0 fully saturated rings. The second-order valence-electron chi connectivity index (χ2n) is 9.21. The topological polar surface area (TPSA) is 102 Å². The number of nitrogens with one attached hydrogen (secondary N) is 1. The number of hydrazone groups is 1. The van der Waals surface area contributed by atoms with Gasteiger partial charge in [-0.25, -0.2) is 4.79 Å². The molecule has 0 radical (unpaired) electrons. The number of carbonyl (C=O) groups excluding carboxylic acids is 1. The fourth-order valence-electron chi connectivity index (χ4n) is 4.40. The summed E-state index contributed by atoms with van der Waals surface area (Å²) in [5.74, 6) is -1.16. The lowest BCUT2D eigenvalue weighted by Crippen LogP contribution is -2.26. The molecule has 0 atom stereocenters. The molecule has 0 saturated heterocycles. The van der Waals surface area contributed by atoms with Crippen LogP contribution in [0.25, 0.3) is 11.1 Å². The van der Waals surface area contributed by atoms with Gasteiger partial charge in [-0.15, -0.1) is 0 Å². The first-order valence-corrected chi connectivity index (χ1v) is 12.4. The van der Waals surface area contributed by atoms with Gasteiger partial charge in [0.05, 0.1) is 16.9 Å². The third-order valence-electron chi connectivity index (χ3n) is 6.42. The van der Waals surface area contributed by atoms with Crippen LogP contribution in [0, 0.1) is 0 Å². The second kappa shape index (κ2) is 10.0. The number of carboxylic acid groups (broad SMARTS) is 1. The normalized spacial score (nSPS) is 13.7. The fraction of sp³-hybridized carbons (Fsp3) is 0.100. The molecule has 0 spiro atoms. The molecule has 38 heavy (non-hydrogen) atoms. The second-order valence-corrected chi connectivity index (χ2v) is 9.64. The predicted octanol–water partition coefficient (Wildman–Crippen LogP) is 7.03. The Morgan fingerprint density at radius 1 is 0.947 bits per heavy atom. The van der Waals surface area contributed by atoms with Crippen LogP contribution in [0.15, 0.2) is 90.0 Å². The van der Waals surface area contributed by atoms with Gasteiger partial charge < -0.3 is 10.2 Å². The number of rotatable bonds is 6. The Balaban J connectivity index is 1.51. The fourth-order valence-corrected chi connectivity index (χ4v) is 4.57. The lowest BCUT2D eigenvalue weighted by Gasteiger charge is -2.18. The van der Waals surface area contributed by atoms with Crippen LogP contribution >= 0.6 is 11.6 Å². The number of para-hydroxylation sites is 1. The van der Waals surface area contributed by atoms with E-state index in [4.69, 9.17) is 11.6 Å². The number of phenols is 1. The zero-order valence-corrected chi connectivity index (χ0v) is 21.4. The molecule has 190 valence electrons. The van der Waals surface area contributed by atoms with Crippen LogP contribution in [-0.4, -0.2) is 27.8 Å². The van der Waals surface area contributed by atoms with E-state index in [0.29, 0.717) is 39.0 Å². The number of carboxylic acids is 1. The SMILES string of the molecule is CC(C)c1ccc(N2C(=O)C(=NNc3cccc(-c4cccc(C(=O)O)c4)c3O)c3cc(Cl)ccc32)cc1. The van der Waals surface area contributed by atoms with Gasteiger partial charge in [0.15, 0.2) is 5.71 Å². The molecule has 0 aromatic heterocycles. The minimum absolute atomic E-state index is 0.104. The van der Waals surface area contributed by atoms with Crippen LogP contribution in [0.1, 0.15) is 41.3 Å². The quantitative estimate of drug-likeness (QED) is 0.185. The summed E-state index contributed by atoms with van der Waals surface area (Å²) in [7, 11) is 0. The number of anilines is 3. The number of aromatic hydroxyl groups is 1. The van der Waals surface area contributed by atoms with Gasteiger partial charge in [-0.05, 0) is 65.6 Å². The summed E-state index contributed by atoms with van der Waals surface area (Å²) in [5, 5.41) is 25.1. The van der Waals surface area contributed by atoms with E-state index in [-0.39, 0.29) is 28.6 Å². The molecular formula is C30H24ClN3O4. The number of halogens is 1. The summed E-state index contributed by atoms with van der Waals surface area (Å²) >= 11 is 6.26. The lowest BCUT2D eigenvalue weighted by molar-refractivity contribution is -0.111. The van der Waals surface area contributed by atoms with Crippen LogP contribution in [0.5, 0.6) is 5.75 Å². The van der Waals surface area contributed by atoms with Gasteiger partial charge in [0, 0.05) is 21.8 Å². The highest BCUT2D eigenvalue weighted by Crippen LogP contribution is 2.39. The van der Waals surface area contributed by atoms with E-state index >= 15 is 0 Å². The van der Waals surface area contributed by atoms with E-state index in [2.05, 4.69) is 24.4 Å².